The maximum absolute atomic E-state index is 12.4. The molecule has 0 fully saturated rings. The first-order chi connectivity index (χ1) is 8.73. The lowest BCUT2D eigenvalue weighted by molar-refractivity contribution is 0.373. The fraction of sp³-hybridized carbons (Fsp3) is 0.636. The van der Waals surface area contributed by atoms with E-state index in [2.05, 4.69) is 9.97 Å². The Balaban J connectivity index is 2.98. The van der Waals surface area contributed by atoms with Gasteiger partial charge in [0.05, 0.1) is 12.0 Å². The van der Waals surface area contributed by atoms with Gasteiger partial charge in [0.25, 0.3) is 10.0 Å². The van der Waals surface area contributed by atoms with E-state index in [1.54, 1.807) is 6.92 Å². The average molecular weight is 287 g/mol. The zero-order valence-electron chi connectivity index (χ0n) is 11.5. The van der Waals surface area contributed by atoms with Crippen LogP contribution in [0.15, 0.2) is 11.2 Å². The highest BCUT2D eigenvalue weighted by Gasteiger charge is 2.26. The van der Waals surface area contributed by atoms with Crippen LogP contribution in [-0.4, -0.2) is 41.6 Å². The molecule has 1 aromatic heterocycles. The first-order valence-corrected chi connectivity index (χ1v) is 7.52. The Bertz CT molecular complexity index is 535. The molecule has 0 amide bonds. The number of hydrogen-bond donors (Lipinski definition) is 3. The van der Waals surface area contributed by atoms with Crippen molar-refractivity contribution in [3.63, 3.8) is 0 Å². The number of nitrogens with one attached hydrogen (secondary N) is 2. The van der Waals surface area contributed by atoms with Crippen LogP contribution in [0.5, 0.6) is 0 Å². The quantitative estimate of drug-likeness (QED) is 0.505. The Labute approximate surface area is 113 Å². The Morgan fingerprint density at radius 1 is 1.58 bits per heavy atom. The molecule has 4 N–H and O–H groups in total. The number of nitrogens with two attached hydrogens (primary N) is 1. The molecule has 1 aromatic rings. The molecular formula is C11H21N5O2S. The summed E-state index contributed by atoms with van der Waals surface area (Å²) in [6, 6.07) is 0. The summed E-state index contributed by atoms with van der Waals surface area (Å²) in [6.07, 6.45) is 1.53. The Morgan fingerprint density at radius 3 is 2.63 bits per heavy atom. The van der Waals surface area contributed by atoms with Crippen molar-refractivity contribution in [2.24, 2.45) is 11.7 Å². The van der Waals surface area contributed by atoms with Crippen molar-refractivity contribution in [1.29, 1.82) is 5.41 Å². The van der Waals surface area contributed by atoms with Crippen molar-refractivity contribution in [3.8, 4) is 0 Å². The topological polar surface area (TPSA) is 116 Å². The molecule has 0 aliphatic rings. The minimum atomic E-state index is -3.61. The zero-order valence-corrected chi connectivity index (χ0v) is 12.3. The summed E-state index contributed by atoms with van der Waals surface area (Å²) >= 11 is 0. The zero-order chi connectivity index (χ0) is 14.6. The van der Waals surface area contributed by atoms with E-state index in [0.717, 1.165) is 0 Å². The predicted octanol–water partition coefficient (Wildman–Crippen LogP) is 0.691. The van der Waals surface area contributed by atoms with Crippen LogP contribution in [0.4, 0.5) is 0 Å². The van der Waals surface area contributed by atoms with E-state index >= 15 is 0 Å². The molecule has 0 aliphatic carbocycles. The molecule has 0 spiro atoms. The van der Waals surface area contributed by atoms with Crippen LogP contribution in [0, 0.1) is 18.3 Å². The molecule has 19 heavy (non-hydrogen) atoms. The predicted molar refractivity (Wildman–Crippen MR) is 73.5 cm³/mol. The fourth-order valence-electron chi connectivity index (χ4n) is 1.63. The molecule has 1 heterocycles. The second kappa shape index (κ2) is 6.16. The minimum absolute atomic E-state index is 0.0234. The first kappa shape index (κ1) is 15.6. The van der Waals surface area contributed by atoms with Gasteiger partial charge < -0.3 is 10.7 Å². The number of hydrogen-bond acceptors (Lipinski definition) is 4. The molecule has 0 saturated carbocycles. The molecule has 0 aliphatic heterocycles. The number of imidazole rings is 1. The largest absolute Gasteiger partial charge is 0.388 e. The lowest BCUT2D eigenvalue weighted by Gasteiger charge is -2.22. The van der Waals surface area contributed by atoms with E-state index in [1.165, 1.54) is 10.5 Å². The highest BCUT2D eigenvalue weighted by atomic mass is 32.2. The number of amidine groups is 1. The van der Waals surface area contributed by atoms with E-state index in [0.29, 0.717) is 12.4 Å². The number of rotatable bonds is 7. The highest BCUT2D eigenvalue weighted by Crippen LogP contribution is 2.15. The fourth-order valence-corrected chi connectivity index (χ4v) is 3.20. The van der Waals surface area contributed by atoms with Crippen molar-refractivity contribution in [1.82, 2.24) is 14.3 Å². The second-order valence-corrected chi connectivity index (χ2v) is 6.77. The van der Waals surface area contributed by atoms with Crippen molar-refractivity contribution < 1.29 is 8.42 Å². The number of aromatic amines is 1. The van der Waals surface area contributed by atoms with Gasteiger partial charge in [0.2, 0.25) is 0 Å². The third-order valence-electron chi connectivity index (χ3n) is 2.50. The van der Waals surface area contributed by atoms with E-state index in [4.69, 9.17) is 11.1 Å². The molecule has 0 bridgehead atoms. The summed E-state index contributed by atoms with van der Waals surface area (Å²) in [7, 11) is -3.61. The van der Waals surface area contributed by atoms with Gasteiger partial charge in [-0.3, -0.25) is 5.41 Å². The molecule has 108 valence electrons. The molecule has 0 unspecified atom stereocenters. The number of nitrogens with zero attached hydrogens (tertiary/aromatic N) is 2. The van der Waals surface area contributed by atoms with Crippen LogP contribution < -0.4 is 5.73 Å². The van der Waals surface area contributed by atoms with Gasteiger partial charge >= 0.3 is 0 Å². The normalized spacial score (nSPS) is 12.3. The molecule has 0 radical (unpaired) electrons. The van der Waals surface area contributed by atoms with Gasteiger partial charge in [-0.1, -0.05) is 13.8 Å². The third-order valence-corrected chi connectivity index (χ3v) is 4.27. The van der Waals surface area contributed by atoms with Crippen LogP contribution in [0.3, 0.4) is 0 Å². The standard InChI is InChI=1S/C11H21N5O2S/c1-8(2)7-16(5-4-10(12)13)19(17,18)11-6-14-9(3)15-11/h6,8H,4-5,7H2,1-3H3,(H3,12,13)(H,14,15). The van der Waals surface area contributed by atoms with Crippen molar-refractivity contribution in [2.75, 3.05) is 13.1 Å². The molecule has 8 heteroatoms. The highest BCUT2D eigenvalue weighted by molar-refractivity contribution is 7.89. The Morgan fingerprint density at radius 2 is 2.21 bits per heavy atom. The van der Waals surface area contributed by atoms with Crippen LogP contribution in [0.2, 0.25) is 0 Å². The van der Waals surface area contributed by atoms with Crippen LogP contribution >= 0.6 is 0 Å². The van der Waals surface area contributed by atoms with Gasteiger partial charge in [-0.05, 0) is 12.8 Å². The molecule has 1 rings (SSSR count). The smallest absolute Gasteiger partial charge is 0.260 e. The van der Waals surface area contributed by atoms with E-state index in [-0.39, 0.29) is 29.7 Å². The van der Waals surface area contributed by atoms with Crippen LogP contribution in [0.25, 0.3) is 0 Å². The van der Waals surface area contributed by atoms with Gasteiger partial charge in [0.1, 0.15) is 5.82 Å². The molecule has 0 aromatic carbocycles. The molecule has 7 nitrogen and oxygen atoms in total. The van der Waals surface area contributed by atoms with Gasteiger partial charge in [0, 0.05) is 19.5 Å². The van der Waals surface area contributed by atoms with Gasteiger partial charge in [-0.15, -0.1) is 0 Å². The van der Waals surface area contributed by atoms with Gasteiger partial charge in [-0.2, -0.15) is 4.31 Å². The SMILES string of the molecule is Cc1ncc(S(=O)(=O)N(CCC(=N)N)CC(C)C)[nH]1. The number of aryl methyl sites for hydroxylation is 1. The summed E-state index contributed by atoms with van der Waals surface area (Å²) in [6.45, 7) is 6.16. The molecule has 0 saturated heterocycles. The minimum Gasteiger partial charge on any atom is -0.388 e. The van der Waals surface area contributed by atoms with Gasteiger partial charge in [-0.25, -0.2) is 13.4 Å². The Hall–Kier alpha value is -1.41. The summed E-state index contributed by atoms with van der Waals surface area (Å²) in [5, 5.41) is 7.30. The summed E-state index contributed by atoms with van der Waals surface area (Å²) in [4.78, 5) is 6.64. The van der Waals surface area contributed by atoms with E-state index in [9.17, 15) is 8.42 Å². The van der Waals surface area contributed by atoms with Crippen molar-refractivity contribution >= 4 is 15.9 Å². The van der Waals surface area contributed by atoms with E-state index in [1.807, 2.05) is 13.8 Å². The van der Waals surface area contributed by atoms with Crippen LogP contribution in [0.1, 0.15) is 26.1 Å². The van der Waals surface area contributed by atoms with Crippen molar-refractivity contribution in [2.45, 2.75) is 32.2 Å². The lowest BCUT2D eigenvalue weighted by Crippen LogP contribution is -2.36. The number of sulfonamides is 1. The monoisotopic (exact) mass is 287 g/mol. The first-order valence-electron chi connectivity index (χ1n) is 6.08. The summed E-state index contributed by atoms with van der Waals surface area (Å²) in [5.74, 6) is 0.713. The maximum Gasteiger partial charge on any atom is 0.260 e. The average Bonchev–Trinajstić information content (AvgIpc) is 2.70. The molecule has 0 atom stereocenters. The van der Waals surface area contributed by atoms with Crippen molar-refractivity contribution in [3.05, 3.63) is 12.0 Å². The molecular weight excluding hydrogens is 266 g/mol. The summed E-state index contributed by atoms with van der Waals surface area (Å²) < 4.78 is 26.2. The lowest BCUT2D eigenvalue weighted by atomic mass is 10.2. The maximum atomic E-state index is 12.4. The number of H-pyrrole nitrogens is 1. The Kier molecular flexibility index (Phi) is 5.07. The number of aromatic nitrogens is 2. The van der Waals surface area contributed by atoms with Gasteiger partial charge in [0.15, 0.2) is 5.03 Å². The van der Waals surface area contributed by atoms with E-state index < -0.39 is 10.0 Å². The van der Waals surface area contributed by atoms with Crippen LogP contribution in [-0.2, 0) is 10.0 Å². The second-order valence-electron chi connectivity index (χ2n) is 4.86. The third kappa shape index (κ3) is 4.32. The summed E-state index contributed by atoms with van der Waals surface area (Å²) in [5.41, 5.74) is 5.30.